The van der Waals surface area contributed by atoms with Gasteiger partial charge in [0, 0.05) is 0 Å². The summed E-state index contributed by atoms with van der Waals surface area (Å²) >= 11 is 0. The van der Waals surface area contributed by atoms with Gasteiger partial charge in [0.2, 0.25) is 0 Å². The van der Waals surface area contributed by atoms with E-state index in [4.69, 9.17) is 4.74 Å². The molecule has 0 aliphatic carbocycles. The van der Waals surface area contributed by atoms with Gasteiger partial charge in [-0.25, -0.2) is 4.79 Å². The first kappa shape index (κ1) is 14.2. The van der Waals surface area contributed by atoms with E-state index >= 15 is 0 Å². The third-order valence-corrected chi connectivity index (χ3v) is 2.71. The van der Waals surface area contributed by atoms with Crippen LogP contribution in [0.4, 0.5) is 0 Å². The van der Waals surface area contributed by atoms with E-state index in [2.05, 4.69) is 0 Å². The molecule has 0 radical (unpaired) electrons. The van der Waals surface area contributed by atoms with E-state index in [0.29, 0.717) is 0 Å². The number of carbonyl (C=O) groups excluding carboxylic acids is 2. The minimum Gasteiger partial charge on any atom is -0.462 e. The van der Waals surface area contributed by atoms with Crippen LogP contribution in [0, 0.1) is 13.8 Å². The summed E-state index contributed by atoms with van der Waals surface area (Å²) in [6.45, 7) is 7.24. The normalized spacial score (nSPS) is 11.2. The molecule has 3 heteroatoms. The first-order valence-corrected chi connectivity index (χ1v) is 5.93. The van der Waals surface area contributed by atoms with Crippen molar-refractivity contribution in [2.24, 2.45) is 0 Å². The highest BCUT2D eigenvalue weighted by molar-refractivity contribution is 6.19. The van der Waals surface area contributed by atoms with Crippen molar-refractivity contribution < 1.29 is 14.3 Å². The number of esters is 1. The largest absolute Gasteiger partial charge is 0.462 e. The van der Waals surface area contributed by atoms with Crippen molar-refractivity contribution >= 4 is 17.8 Å². The van der Waals surface area contributed by atoms with Crippen molar-refractivity contribution in [2.75, 3.05) is 6.61 Å². The lowest BCUT2D eigenvalue weighted by Crippen LogP contribution is -2.13. The van der Waals surface area contributed by atoms with E-state index < -0.39 is 5.97 Å². The van der Waals surface area contributed by atoms with Crippen LogP contribution in [-0.4, -0.2) is 18.4 Å². The maximum atomic E-state index is 11.7. The second kappa shape index (κ2) is 6.15. The van der Waals surface area contributed by atoms with Crippen LogP contribution >= 0.6 is 0 Å². The average molecular weight is 246 g/mol. The Balaban J connectivity index is 3.25. The monoisotopic (exact) mass is 246 g/mol. The molecule has 0 aromatic heterocycles. The van der Waals surface area contributed by atoms with Crippen LogP contribution in [0.1, 0.15) is 30.5 Å². The Bertz CT molecular complexity index is 478. The average Bonchev–Trinajstić information content (AvgIpc) is 2.28. The molecule has 0 amide bonds. The number of hydrogen-bond acceptors (Lipinski definition) is 3. The van der Waals surface area contributed by atoms with Gasteiger partial charge in [0.25, 0.3) is 0 Å². The summed E-state index contributed by atoms with van der Waals surface area (Å²) < 4.78 is 4.89. The molecule has 0 aliphatic rings. The number of ether oxygens (including phenoxy) is 1. The lowest BCUT2D eigenvalue weighted by molar-refractivity contribution is -0.139. The van der Waals surface area contributed by atoms with Gasteiger partial charge in [-0.3, -0.25) is 4.79 Å². The lowest BCUT2D eigenvalue weighted by Gasteiger charge is -2.08. The van der Waals surface area contributed by atoms with Gasteiger partial charge in [-0.1, -0.05) is 18.2 Å². The highest BCUT2D eigenvalue weighted by Crippen LogP contribution is 2.18. The minimum atomic E-state index is -0.562. The number of hydrogen-bond donors (Lipinski definition) is 0. The predicted octanol–water partition coefficient (Wildman–Crippen LogP) is 2.84. The molecule has 0 aliphatic heterocycles. The quantitative estimate of drug-likeness (QED) is 0.355. The summed E-state index contributed by atoms with van der Waals surface area (Å²) in [5.41, 5.74) is 3.04. The first-order valence-electron chi connectivity index (χ1n) is 5.93. The number of Topliss-reactive ketones (excluding diaryl/α,β-unsaturated/α-hetero) is 1. The number of aryl methyl sites for hydroxylation is 2. The Morgan fingerprint density at radius 1 is 1.22 bits per heavy atom. The summed E-state index contributed by atoms with van der Waals surface area (Å²) in [4.78, 5) is 23.2. The van der Waals surface area contributed by atoms with E-state index in [9.17, 15) is 9.59 Å². The molecule has 0 unspecified atom stereocenters. The number of carbonyl (C=O) groups is 2. The van der Waals surface area contributed by atoms with Gasteiger partial charge in [-0.05, 0) is 50.5 Å². The first-order chi connectivity index (χ1) is 8.47. The Hall–Kier alpha value is -1.90. The predicted molar refractivity (Wildman–Crippen MR) is 71.2 cm³/mol. The van der Waals surface area contributed by atoms with Crippen molar-refractivity contribution in [3.63, 3.8) is 0 Å². The smallest absolute Gasteiger partial charge is 0.341 e. The summed E-state index contributed by atoms with van der Waals surface area (Å²) in [6, 6.07) is 5.84. The fraction of sp³-hybridized carbons (Fsp3) is 0.333. The van der Waals surface area contributed by atoms with Crippen LogP contribution in [0.25, 0.3) is 6.08 Å². The molecule has 3 nitrogen and oxygen atoms in total. The molecule has 0 heterocycles. The number of rotatable bonds is 4. The molecular weight excluding hydrogens is 228 g/mol. The summed E-state index contributed by atoms with van der Waals surface area (Å²) in [5.74, 6) is -0.844. The van der Waals surface area contributed by atoms with Crippen molar-refractivity contribution in [3.05, 3.63) is 40.5 Å². The molecule has 0 bridgehead atoms. The third-order valence-electron chi connectivity index (χ3n) is 2.71. The van der Waals surface area contributed by atoms with E-state index in [1.54, 1.807) is 13.0 Å². The van der Waals surface area contributed by atoms with Crippen molar-refractivity contribution in [1.29, 1.82) is 0 Å². The van der Waals surface area contributed by atoms with E-state index in [1.807, 2.05) is 32.0 Å². The molecule has 96 valence electrons. The lowest BCUT2D eigenvalue weighted by atomic mass is 9.99. The van der Waals surface area contributed by atoms with Crippen molar-refractivity contribution in [2.45, 2.75) is 27.7 Å². The molecule has 0 atom stereocenters. The Morgan fingerprint density at radius 3 is 2.22 bits per heavy atom. The highest BCUT2D eigenvalue weighted by atomic mass is 16.5. The molecule has 0 saturated carbocycles. The molecule has 1 aromatic carbocycles. The fourth-order valence-electron chi connectivity index (χ4n) is 1.71. The van der Waals surface area contributed by atoms with Crippen LogP contribution in [-0.2, 0) is 14.3 Å². The van der Waals surface area contributed by atoms with Crippen molar-refractivity contribution in [1.82, 2.24) is 0 Å². The minimum absolute atomic E-state index is 0.0919. The van der Waals surface area contributed by atoms with Gasteiger partial charge in [-0.15, -0.1) is 0 Å². The van der Waals surface area contributed by atoms with E-state index in [1.165, 1.54) is 6.92 Å². The van der Waals surface area contributed by atoms with Gasteiger partial charge in [0.15, 0.2) is 5.78 Å². The highest BCUT2D eigenvalue weighted by Gasteiger charge is 2.16. The topological polar surface area (TPSA) is 43.4 Å². The zero-order chi connectivity index (χ0) is 13.7. The maximum absolute atomic E-state index is 11.7. The van der Waals surface area contributed by atoms with Crippen LogP contribution in [0.2, 0.25) is 0 Å². The second-order valence-corrected chi connectivity index (χ2v) is 4.14. The van der Waals surface area contributed by atoms with Crippen LogP contribution in [0.15, 0.2) is 23.8 Å². The summed E-state index contributed by atoms with van der Waals surface area (Å²) in [7, 11) is 0. The molecule has 0 spiro atoms. The molecule has 0 N–H and O–H groups in total. The fourth-order valence-corrected chi connectivity index (χ4v) is 1.71. The van der Waals surface area contributed by atoms with E-state index in [-0.39, 0.29) is 18.0 Å². The van der Waals surface area contributed by atoms with Gasteiger partial charge >= 0.3 is 5.97 Å². The summed E-state index contributed by atoms with van der Waals surface area (Å²) in [6.07, 6.45) is 1.62. The Kier molecular flexibility index (Phi) is 4.84. The summed E-state index contributed by atoms with van der Waals surface area (Å²) in [5, 5.41) is 0. The van der Waals surface area contributed by atoms with Crippen molar-refractivity contribution in [3.8, 4) is 0 Å². The molecular formula is C15H18O3. The molecule has 1 rings (SSSR count). The number of ketones is 1. The zero-order valence-corrected chi connectivity index (χ0v) is 11.2. The molecule has 1 aromatic rings. The van der Waals surface area contributed by atoms with Gasteiger partial charge in [0.05, 0.1) is 6.61 Å². The SMILES string of the molecule is CCOC(=O)C(=Cc1c(C)cccc1C)C(C)=O. The van der Waals surface area contributed by atoms with Gasteiger partial charge in [-0.2, -0.15) is 0 Å². The Morgan fingerprint density at radius 2 is 1.78 bits per heavy atom. The Labute approximate surface area is 107 Å². The molecule has 18 heavy (non-hydrogen) atoms. The van der Waals surface area contributed by atoms with E-state index in [0.717, 1.165) is 16.7 Å². The van der Waals surface area contributed by atoms with Gasteiger partial charge in [0.1, 0.15) is 5.57 Å². The van der Waals surface area contributed by atoms with Gasteiger partial charge < -0.3 is 4.74 Å². The second-order valence-electron chi connectivity index (χ2n) is 4.14. The molecule has 0 saturated heterocycles. The van der Waals surface area contributed by atoms with Crippen LogP contribution in [0.5, 0.6) is 0 Å². The zero-order valence-electron chi connectivity index (χ0n) is 11.2. The third kappa shape index (κ3) is 3.29. The molecule has 0 fully saturated rings. The number of benzene rings is 1. The van der Waals surface area contributed by atoms with Crippen LogP contribution in [0.3, 0.4) is 0 Å². The van der Waals surface area contributed by atoms with Crippen LogP contribution < -0.4 is 0 Å². The standard InChI is InChI=1S/C15H18O3/c1-5-18-15(17)14(12(4)16)9-13-10(2)7-6-8-11(13)3/h6-9H,5H2,1-4H3. The maximum Gasteiger partial charge on any atom is 0.341 e.